The number of hydrogen-bond acceptors (Lipinski definition) is 7. The van der Waals surface area contributed by atoms with Gasteiger partial charge in [0.15, 0.2) is 5.82 Å². The number of benzene rings is 2. The number of tetrazole rings is 1. The molecule has 1 saturated heterocycles. The lowest BCUT2D eigenvalue weighted by Crippen LogP contribution is -2.23. The normalized spacial score (nSPS) is 13.5. The van der Waals surface area contributed by atoms with Crippen molar-refractivity contribution in [2.75, 3.05) is 23.3 Å². The van der Waals surface area contributed by atoms with Gasteiger partial charge in [-0.25, -0.2) is 4.39 Å². The van der Waals surface area contributed by atoms with Crippen LogP contribution < -0.4 is 10.2 Å². The Morgan fingerprint density at radius 2 is 1.93 bits per heavy atom. The molecule has 1 N–H and O–H groups in total. The highest BCUT2D eigenvalue weighted by molar-refractivity contribution is 6.08. The van der Waals surface area contributed by atoms with E-state index in [9.17, 15) is 19.3 Å². The molecular weight excluding hydrogens is 393 g/mol. The monoisotopic (exact) mass is 411 g/mol. The molecule has 0 spiro atoms. The zero-order valence-electron chi connectivity index (χ0n) is 16.1. The maximum absolute atomic E-state index is 14.3. The fourth-order valence-electron chi connectivity index (χ4n) is 3.46. The number of nitro groups is 1. The Hall–Kier alpha value is -3.89. The predicted molar refractivity (Wildman–Crippen MR) is 106 cm³/mol. The SMILES string of the molecule is Cc1nnnn1-c1cc(NC(=O)c2cc([N+](=O)[O-])ccc2N2CCCC2)ccc1F. The smallest absolute Gasteiger partial charge is 0.270 e. The number of halogens is 1. The first-order valence-electron chi connectivity index (χ1n) is 9.33. The summed E-state index contributed by atoms with van der Waals surface area (Å²) in [4.78, 5) is 25.7. The van der Waals surface area contributed by atoms with E-state index in [2.05, 4.69) is 20.8 Å². The van der Waals surface area contributed by atoms with E-state index in [1.807, 2.05) is 4.90 Å². The maximum Gasteiger partial charge on any atom is 0.270 e. The number of nitro benzene ring substituents is 1. The Bertz CT molecular complexity index is 1130. The van der Waals surface area contributed by atoms with E-state index in [-0.39, 0.29) is 16.9 Å². The number of nitrogens with one attached hydrogen (secondary N) is 1. The lowest BCUT2D eigenvalue weighted by molar-refractivity contribution is -0.384. The quantitative estimate of drug-likeness (QED) is 0.506. The fourth-order valence-corrected chi connectivity index (χ4v) is 3.46. The van der Waals surface area contributed by atoms with Crippen LogP contribution in [0.4, 0.5) is 21.5 Å². The Balaban J connectivity index is 1.68. The zero-order chi connectivity index (χ0) is 21.3. The summed E-state index contributed by atoms with van der Waals surface area (Å²) in [5, 5.41) is 24.9. The van der Waals surface area contributed by atoms with Crippen LogP contribution in [-0.4, -0.2) is 44.1 Å². The molecule has 0 unspecified atom stereocenters. The molecule has 1 amide bonds. The van der Waals surface area contributed by atoms with Gasteiger partial charge >= 0.3 is 0 Å². The molecule has 0 aliphatic carbocycles. The highest BCUT2D eigenvalue weighted by Gasteiger charge is 2.23. The van der Waals surface area contributed by atoms with Crippen molar-refractivity contribution in [3.05, 3.63) is 63.7 Å². The Labute approximate surface area is 170 Å². The van der Waals surface area contributed by atoms with Crippen LogP contribution in [0.5, 0.6) is 0 Å². The van der Waals surface area contributed by atoms with Crippen LogP contribution in [0, 0.1) is 22.9 Å². The van der Waals surface area contributed by atoms with E-state index < -0.39 is 16.6 Å². The van der Waals surface area contributed by atoms with Gasteiger partial charge in [0.1, 0.15) is 11.5 Å². The summed E-state index contributed by atoms with van der Waals surface area (Å²) >= 11 is 0. The van der Waals surface area contributed by atoms with Crippen LogP contribution in [0.2, 0.25) is 0 Å². The summed E-state index contributed by atoms with van der Waals surface area (Å²) in [5.41, 5.74) is 1.04. The number of rotatable bonds is 5. The first-order valence-corrected chi connectivity index (χ1v) is 9.33. The van der Waals surface area contributed by atoms with E-state index in [1.165, 1.54) is 35.0 Å². The van der Waals surface area contributed by atoms with Gasteiger partial charge in [-0.3, -0.25) is 14.9 Å². The first-order chi connectivity index (χ1) is 14.4. The van der Waals surface area contributed by atoms with Crippen molar-refractivity contribution in [1.29, 1.82) is 0 Å². The molecule has 0 bridgehead atoms. The summed E-state index contributed by atoms with van der Waals surface area (Å²) in [5.74, 6) is -0.699. The molecule has 11 heteroatoms. The molecule has 0 saturated carbocycles. The van der Waals surface area contributed by atoms with E-state index in [0.29, 0.717) is 17.2 Å². The van der Waals surface area contributed by atoms with Crippen molar-refractivity contribution in [3.63, 3.8) is 0 Å². The van der Waals surface area contributed by atoms with Gasteiger partial charge in [-0.2, -0.15) is 4.68 Å². The van der Waals surface area contributed by atoms with Crippen LogP contribution in [-0.2, 0) is 0 Å². The highest BCUT2D eigenvalue weighted by atomic mass is 19.1. The van der Waals surface area contributed by atoms with E-state index in [1.54, 1.807) is 13.0 Å². The Morgan fingerprint density at radius 3 is 2.60 bits per heavy atom. The van der Waals surface area contributed by atoms with Crippen molar-refractivity contribution in [1.82, 2.24) is 20.2 Å². The number of carbonyl (C=O) groups excluding carboxylic acids is 1. The number of hydrogen-bond donors (Lipinski definition) is 1. The van der Waals surface area contributed by atoms with Gasteiger partial charge in [0.05, 0.1) is 16.2 Å². The number of non-ortho nitro benzene ring substituents is 1. The average Bonchev–Trinajstić information content (AvgIpc) is 3.41. The van der Waals surface area contributed by atoms with Crippen LogP contribution in [0.25, 0.3) is 5.69 Å². The minimum atomic E-state index is -0.559. The summed E-state index contributed by atoms with van der Waals surface area (Å²) in [6.45, 7) is 3.17. The first kappa shape index (κ1) is 19.4. The minimum Gasteiger partial charge on any atom is -0.371 e. The molecule has 1 aromatic heterocycles. The topological polar surface area (TPSA) is 119 Å². The van der Waals surface area contributed by atoms with Crippen LogP contribution in [0.3, 0.4) is 0 Å². The predicted octanol–water partition coefficient (Wildman–Crippen LogP) is 2.87. The van der Waals surface area contributed by atoms with Crippen molar-refractivity contribution in [2.24, 2.45) is 0 Å². The van der Waals surface area contributed by atoms with Crippen LogP contribution in [0.1, 0.15) is 29.0 Å². The minimum absolute atomic E-state index is 0.0779. The molecule has 1 fully saturated rings. The van der Waals surface area contributed by atoms with Crippen molar-refractivity contribution >= 4 is 23.0 Å². The maximum atomic E-state index is 14.3. The number of aryl methyl sites for hydroxylation is 1. The number of anilines is 2. The van der Waals surface area contributed by atoms with Crippen LogP contribution in [0.15, 0.2) is 36.4 Å². The average molecular weight is 411 g/mol. The number of aromatic nitrogens is 4. The van der Waals surface area contributed by atoms with E-state index in [4.69, 9.17) is 0 Å². The molecule has 10 nitrogen and oxygen atoms in total. The molecular formula is C19H18FN7O3. The van der Waals surface area contributed by atoms with Gasteiger partial charge in [-0.15, -0.1) is 5.10 Å². The molecule has 0 radical (unpaired) electrons. The summed E-state index contributed by atoms with van der Waals surface area (Å²) in [6, 6.07) is 8.26. The van der Waals surface area contributed by atoms with Gasteiger partial charge in [-0.05, 0) is 54.5 Å². The van der Waals surface area contributed by atoms with Gasteiger partial charge in [0, 0.05) is 30.9 Å². The molecule has 4 rings (SSSR count). The second-order valence-corrected chi connectivity index (χ2v) is 6.91. The third kappa shape index (κ3) is 3.69. The zero-order valence-corrected chi connectivity index (χ0v) is 16.1. The lowest BCUT2D eigenvalue weighted by atomic mass is 10.1. The van der Waals surface area contributed by atoms with E-state index in [0.717, 1.165) is 25.9 Å². The molecule has 0 atom stereocenters. The standard InChI is InChI=1S/C19H18FN7O3/c1-12-22-23-24-26(12)18-10-13(4-6-16(18)20)21-19(28)15-11-14(27(29)30)5-7-17(15)25-8-2-3-9-25/h4-7,10-11H,2-3,8-9H2,1H3,(H,21,28). The molecule has 3 aromatic rings. The summed E-state index contributed by atoms with van der Waals surface area (Å²) < 4.78 is 15.5. The highest BCUT2D eigenvalue weighted by Crippen LogP contribution is 2.29. The second kappa shape index (κ2) is 7.85. The number of carbonyl (C=O) groups is 1. The van der Waals surface area contributed by atoms with Crippen molar-refractivity contribution in [3.8, 4) is 5.69 Å². The second-order valence-electron chi connectivity index (χ2n) is 6.91. The van der Waals surface area contributed by atoms with Crippen molar-refractivity contribution < 1.29 is 14.1 Å². The molecule has 2 heterocycles. The van der Waals surface area contributed by atoms with Gasteiger partial charge in [0.2, 0.25) is 0 Å². The van der Waals surface area contributed by atoms with Gasteiger partial charge in [-0.1, -0.05) is 0 Å². The lowest BCUT2D eigenvalue weighted by Gasteiger charge is -2.21. The fraction of sp³-hybridized carbons (Fsp3) is 0.263. The van der Waals surface area contributed by atoms with Gasteiger partial charge in [0.25, 0.3) is 11.6 Å². The van der Waals surface area contributed by atoms with Gasteiger partial charge < -0.3 is 10.2 Å². The number of amides is 1. The third-order valence-electron chi connectivity index (χ3n) is 4.94. The van der Waals surface area contributed by atoms with Crippen molar-refractivity contribution in [2.45, 2.75) is 19.8 Å². The molecule has 154 valence electrons. The largest absolute Gasteiger partial charge is 0.371 e. The summed E-state index contributed by atoms with van der Waals surface area (Å²) in [7, 11) is 0. The Morgan fingerprint density at radius 1 is 1.17 bits per heavy atom. The molecule has 1 aliphatic rings. The molecule has 1 aliphatic heterocycles. The molecule has 30 heavy (non-hydrogen) atoms. The summed E-state index contributed by atoms with van der Waals surface area (Å²) in [6.07, 6.45) is 1.98. The molecule has 2 aromatic carbocycles. The number of nitrogens with zero attached hydrogens (tertiary/aromatic N) is 6. The van der Waals surface area contributed by atoms with Crippen LogP contribution >= 0.6 is 0 Å². The third-order valence-corrected chi connectivity index (χ3v) is 4.94. The van der Waals surface area contributed by atoms with E-state index >= 15 is 0 Å². The Kier molecular flexibility index (Phi) is 5.09.